The monoisotopic (exact) mass is 450 g/mol. The summed E-state index contributed by atoms with van der Waals surface area (Å²) in [5, 5.41) is 2.61. The SMILES string of the molecule is COc1ccc(-c2cn3ccc(C)cc3n2)cc1NS(=O)(=O)c1ccc(NC(C)=O)cc1. The van der Waals surface area contributed by atoms with Crippen molar-refractivity contribution < 1.29 is 17.9 Å². The number of nitrogens with zero attached hydrogens (tertiary/aromatic N) is 2. The van der Waals surface area contributed by atoms with E-state index < -0.39 is 10.0 Å². The number of imidazole rings is 1. The van der Waals surface area contributed by atoms with Crippen LogP contribution in [0.3, 0.4) is 0 Å². The molecule has 0 atom stereocenters. The number of carbonyl (C=O) groups is 1. The van der Waals surface area contributed by atoms with Crippen molar-refractivity contribution in [1.82, 2.24) is 9.38 Å². The molecule has 0 aliphatic carbocycles. The summed E-state index contributed by atoms with van der Waals surface area (Å²) < 4.78 is 35.8. The second-order valence-corrected chi connectivity index (χ2v) is 9.00. The van der Waals surface area contributed by atoms with Crippen molar-refractivity contribution in [1.29, 1.82) is 0 Å². The maximum atomic E-state index is 13.0. The fraction of sp³-hybridized carbons (Fsp3) is 0.130. The molecule has 0 saturated carbocycles. The molecular formula is C23H22N4O4S. The van der Waals surface area contributed by atoms with Crippen molar-refractivity contribution in [2.75, 3.05) is 17.1 Å². The van der Waals surface area contributed by atoms with Gasteiger partial charge in [-0.15, -0.1) is 0 Å². The highest BCUT2D eigenvalue weighted by Crippen LogP contribution is 2.32. The molecule has 0 unspecified atom stereocenters. The van der Waals surface area contributed by atoms with Gasteiger partial charge in [-0.3, -0.25) is 9.52 Å². The van der Waals surface area contributed by atoms with Crippen LogP contribution in [0.4, 0.5) is 11.4 Å². The molecule has 4 rings (SSSR count). The van der Waals surface area contributed by atoms with Crippen LogP contribution < -0.4 is 14.8 Å². The third-order valence-electron chi connectivity index (χ3n) is 4.84. The van der Waals surface area contributed by atoms with E-state index in [1.165, 1.54) is 38.3 Å². The number of ether oxygens (including phenoxy) is 1. The van der Waals surface area contributed by atoms with E-state index in [-0.39, 0.29) is 10.8 Å². The Morgan fingerprint density at radius 3 is 2.50 bits per heavy atom. The number of rotatable bonds is 6. The lowest BCUT2D eigenvalue weighted by Crippen LogP contribution is -2.14. The van der Waals surface area contributed by atoms with Crippen molar-refractivity contribution in [3.8, 4) is 17.0 Å². The van der Waals surface area contributed by atoms with Crippen LogP contribution in [0.1, 0.15) is 12.5 Å². The van der Waals surface area contributed by atoms with Gasteiger partial charge in [-0.05, 0) is 67.1 Å². The topological polar surface area (TPSA) is 102 Å². The lowest BCUT2D eigenvalue weighted by atomic mass is 10.1. The van der Waals surface area contributed by atoms with Gasteiger partial charge in [-0.1, -0.05) is 0 Å². The van der Waals surface area contributed by atoms with E-state index in [0.717, 1.165) is 16.8 Å². The Kier molecular flexibility index (Phi) is 5.58. The summed E-state index contributed by atoms with van der Waals surface area (Å²) >= 11 is 0. The van der Waals surface area contributed by atoms with E-state index in [2.05, 4.69) is 15.0 Å². The van der Waals surface area contributed by atoms with Crippen LogP contribution in [-0.4, -0.2) is 30.8 Å². The van der Waals surface area contributed by atoms with E-state index >= 15 is 0 Å². The highest BCUT2D eigenvalue weighted by Gasteiger charge is 2.18. The molecule has 4 aromatic rings. The predicted molar refractivity (Wildman–Crippen MR) is 123 cm³/mol. The van der Waals surface area contributed by atoms with E-state index in [1.807, 2.05) is 41.9 Å². The molecule has 2 aromatic carbocycles. The molecule has 1 amide bonds. The second kappa shape index (κ2) is 8.35. The molecule has 0 spiro atoms. The molecule has 0 radical (unpaired) electrons. The van der Waals surface area contributed by atoms with E-state index in [9.17, 15) is 13.2 Å². The van der Waals surface area contributed by atoms with Crippen LogP contribution >= 0.6 is 0 Å². The first-order valence-electron chi connectivity index (χ1n) is 9.79. The smallest absolute Gasteiger partial charge is 0.262 e. The Morgan fingerprint density at radius 1 is 1.06 bits per heavy atom. The molecule has 2 N–H and O–H groups in total. The number of fused-ring (bicyclic) bond motifs is 1. The normalized spacial score (nSPS) is 11.3. The van der Waals surface area contributed by atoms with Gasteiger partial charge in [0.05, 0.1) is 23.4 Å². The van der Waals surface area contributed by atoms with Gasteiger partial charge in [0, 0.05) is 30.6 Å². The predicted octanol–water partition coefficient (Wildman–Crippen LogP) is 4.08. The van der Waals surface area contributed by atoms with Crippen LogP contribution in [0, 0.1) is 6.92 Å². The summed E-state index contributed by atoms with van der Waals surface area (Å²) in [7, 11) is -2.41. The minimum atomic E-state index is -3.89. The van der Waals surface area contributed by atoms with Crippen LogP contribution in [0.25, 0.3) is 16.9 Å². The number of aromatic nitrogens is 2. The summed E-state index contributed by atoms with van der Waals surface area (Å²) in [6.07, 6.45) is 3.81. The van der Waals surface area contributed by atoms with Crippen LogP contribution in [0.2, 0.25) is 0 Å². The standard InChI is InChI=1S/C23H22N4O4S/c1-15-10-11-27-14-21(25-23(27)12-15)17-4-9-22(31-3)20(13-17)26-32(29,30)19-7-5-18(6-8-19)24-16(2)28/h4-14,26H,1-3H3,(H,24,28). The number of benzene rings is 2. The van der Waals surface area contributed by atoms with Gasteiger partial charge in [0.25, 0.3) is 10.0 Å². The lowest BCUT2D eigenvalue weighted by Gasteiger charge is -2.13. The molecular weight excluding hydrogens is 428 g/mol. The highest BCUT2D eigenvalue weighted by molar-refractivity contribution is 7.92. The first kappa shape index (κ1) is 21.4. The maximum absolute atomic E-state index is 13.0. The summed E-state index contributed by atoms with van der Waals surface area (Å²) in [5.41, 5.74) is 4.16. The van der Waals surface area contributed by atoms with Gasteiger partial charge >= 0.3 is 0 Å². The Bertz CT molecular complexity index is 1410. The number of carbonyl (C=O) groups excluding carboxylic acids is 1. The molecule has 0 saturated heterocycles. The number of nitrogens with one attached hydrogen (secondary N) is 2. The van der Waals surface area contributed by atoms with Gasteiger partial charge in [0.15, 0.2) is 0 Å². The minimum absolute atomic E-state index is 0.0577. The highest BCUT2D eigenvalue weighted by atomic mass is 32.2. The van der Waals surface area contributed by atoms with Gasteiger partial charge in [-0.25, -0.2) is 13.4 Å². The Balaban J connectivity index is 1.67. The minimum Gasteiger partial charge on any atom is -0.495 e. The fourth-order valence-electron chi connectivity index (χ4n) is 3.29. The summed E-state index contributed by atoms with van der Waals surface area (Å²) in [5.74, 6) is 0.147. The van der Waals surface area contributed by atoms with Gasteiger partial charge in [-0.2, -0.15) is 0 Å². The average molecular weight is 451 g/mol. The molecule has 2 aromatic heterocycles. The number of hydrogen-bond acceptors (Lipinski definition) is 5. The number of amides is 1. The number of anilines is 2. The maximum Gasteiger partial charge on any atom is 0.262 e. The van der Waals surface area contributed by atoms with Crippen LogP contribution in [0.5, 0.6) is 5.75 Å². The molecule has 32 heavy (non-hydrogen) atoms. The number of hydrogen-bond donors (Lipinski definition) is 2. The molecule has 0 aliphatic heterocycles. The zero-order chi connectivity index (χ0) is 22.9. The van der Waals surface area contributed by atoms with Crippen molar-refractivity contribution >= 4 is 33.0 Å². The summed E-state index contributed by atoms with van der Waals surface area (Å²) in [6, 6.07) is 15.1. The number of methoxy groups -OCH3 is 1. The van der Waals surface area contributed by atoms with Gasteiger partial charge in [0.1, 0.15) is 11.4 Å². The van der Waals surface area contributed by atoms with Gasteiger partial charge < -0.3 is 14.5 Å². The van der Waals surface area contributed by atoms with Crippen LogP contribution in [-0.2, 0) is 14.8 Å². The first-order chi connectivity index (χ1) is 15.2. The largest absolute Gasteiger partial charge is 0.495 e. The Morgan fingerprint density at radius 2 is 1.81 bits per heavy atom. The molecule has 2 heterocycles. The Hall–Kier alpha value is -3.85. The van der Waals surface area contributed by atoms with E-state index in [0.29, 0.717) is 22.8 Å². The zero-order valence-corrected chi connectivity index (χ0v) is 18.6. The Labute approximate surface area is 185 Å². The van der Waals surface area contributed by atoms with Gasteiger partial charge in [0.2, 0.25) is 5.91 Å². The van der Waals surface area contributed by atoms with Crippen LogP contribution in [0.15, 0.2) is 71.9 Å². The number of aryl methyl sites for hydroxylation is 1. The molecule has 164 valence electrons. The number of sulfonamides is 1. The third-order valence-corrected chi connectivity index (χ3v) is 6.22. The average Bonchev–Trinajstić information content (AvgIpc) is 3.16. The summed E-state index contributed by atoms with van der Waals surface area (Å²) in [6.45, 7) is 3.38. The quantitative estimate of drug-likeness (QED) is 0.461. The third kappa shape index (κ3) is 4.42. The number of pyridine rings is 1. The fourth-order valence-corrected chi connectivity index (χ4v) is 4.36. The van der Waals surface area contributed by atoms with Crippen molar-refractivity contribution in [3.05, 3.63) is 72.6 Å². The molecule has 0 bridgehead atoms. The molecule has 0 fully saturated rings. The molecule has 0 aliphatic rings. The zero-order valence-electron chi connectivity index (χ0n) is 17.8. The van der Waals surface area contributed by atoms with Crippen molar-refractivity contribution in [2.24, 2.45) is 0 Å². The van der Waals surface area contributed by atoms with E-state index in [1.54, 1.807) is 12.1 Å². The molecule has 8 nitrogen and oxygen atoms in total. The van der Waals surface area contributed by atoms with Crippen molar-refractivity contribution in [3.63, 3.8) is 0 Å². The second-order valence-electron chi connectivity index (χ2n) is 7.32. The van der Waals surface area contributed by atoms with E-state index in [4.69, 9.17) is 4.74 Å². The van der Waals surface area contributed by atoms with Crippen molar-refractivity contribution in [2.45, 2.75) is 18.7 Å². The summed E-state index contributed by atoms with van der Waals surface area (Å²) in [4.78, 5) is 15.9. The lowest BCUT2D eigenvalue weighted by molar-refractivity contribution is -0.114. The first-order valence-corrected chi connectivity index (χ1v) is 11.3. The molecule has 9 heteroatoms.